The first kappa shape index (κ1) is 24.2. The second kappa shape index (κ2) is 12.0. The van der Waals surface area contributed by atoms with Crippen LogP contribution in [0, 0.1) is 5.92 Å². The molecule has 1 saturated heterocycles. The number of hydrogen-bond acceptors (Lipinski definition) is 3. The van der Waals surface area contributed by atoms with Crippen molar-refractivity contribution in [2.45, 2.75) is 25.8 Å². The molecule has 34 heavy (non-hydrogen) atoms. The molecular formula is C28H30BrN3O2. The number of anilines is 1. The summed E-state index contributed by atoms with van der Waals surface area (Å²) in [5, 5.41) is 5.99. The third-order valence-electron chi connectivity index (χ3n) is 6.25. The third-order valence-corrected chi connectivity index (χ3v) is 6.78. The molecule has 0 aliphatic carbocycles. The Labute approximate surface area is 209 Å². The fourth-order valence-electron chi connectivity index (χ4n) is 4.29. The lowest BCUT2D eigenvalue weighted by molar-refractivity contribution is -0.121. The van der Waals surface area contributed by atoms with E-state index in [0.29, 0.717) is 17.8 Å². The van der Waals surface area contributed by atoms with Crippen LogP contribution in [0.15, 0.2) is 83.3 Å². The summed E-state index contributed by atoms with van der Waals surface area (Å²) >= 11 is 3.47. The van der Waals surface area contributed by atoms with Crippen molar-refractivity contribution in [1.82, 2.24) is 10.2 Å². The molecule has 6 heteroatoms. The summed E-state index contributed by atoms with van der Waals surface area (Å²) in [7, 11) is 0. The topological polar surface area (TPSA) is 61.4 Å². The van der Waals surface area contributed by atoms with Crippen molar-refractivity contribution in [3.05, 3.63) is 100 Å². The normalized spacial score (nSPS) is 14.5. The summed E-state index contributed by atoms with van der Waals surface area (Å²) in [6.07, 6.45) is 2.39. The number of nitrogens with zero attached hydrogens (tertiary/aromatic N) is 1. The van der Waals surface area contributed by atoms with Crippen molar-refractivity contribution >= 4 is 33.4 Å². The second-order valence-electron chi connectivity index (χ2n) is 8.70. The van der Waals surface area contributed by atoms with Crippen LogP contribution in [-0.2, 0) is 17.8 Å². The number of amides is 2. The fourth-order valence-corrected chi connectivity index (χ4v) is 4.55. The van der Waals surface area contributed by atoms with Gasteiger partial charge in [-0.05, 0) is 67.7 Å². The van der Waals surface area contributed by atoms with Gasteiger partial charge in [-0.15, -0.1) is 0 Å². The van der Waals surface area contributed by atoms with E-state index in [1.54, 1.807) is 12.1 Å². The highest BCUT2D eigenvalue weighted by Crippen LogP contribution is 2.23. The molecule has 0 aromatic heterocycles. The summed E-state index contributed by atoms with van der Waals surface area (Å²) in [6, 6.07) is 25.7. The maximum Gasteiger partial charge on any atom is 0.253 e. The molecule has 3 aromatic rings. The predicted molar refractivity (Wildman–Crippen MR) is 140 cm³/mol. The number of hydrogen-bond donors (Lipinski definition) is 2. The van der Waals surface area contributed by atoms with Crippen LogP contribution in [0.3, 0.4) is 0 Å². The van der Waals surface area contributed by atoms with Crippen LogP contribution >= 0.6 is 15.9 Å². The summed E-state index contributed by atoms with van der Waals surface area (Å²) in [5.74, 6) is -0.223. The maximum absolute atomic E-state index is 13.0. The zero-order valence-corrected chi connectivity index (χ0v) is 20.8. The lowest BCUT2D eigenvalue weighted by atomic mass is 9.95. The smallest absolute Gasteiger partial charge is 0.253 e. The Morgan fingerprint density at radius 1 is 0.853 bits per heavy atom. The Bertz CT molecular complexity index is 1090. The zero-order valence-electron chi connectivity index (χ0n) is 19.2. The number of rotatable bonds is 8. The number of carbonyl (C=O) groups is 2. The van der Waals surface area contributed by atoms with Gasteiger partial charge >= 0.3 is 0 Å². The molecule has 1 heterocycles. The van der Waals surface area contributed by atoms with Gasteiger partial charge in [0.2, 0.25) is 5.91 Å². The van der Waals surface area contributed by atoms with Gasteiger partial charge in [0.25, 0.3) is 5.91 Å². The SMILES string of the molecule is O=C(NCCc1ccccc1)c1ccccc1NC(=O)C1CCN(Cc2ccc(Br)cc2)CC1. The molecule has 3 aromatic carbocycles. The van der Waals surface area contributed by atoms with Crippen LogP contribution in [0.1, 0.15) is 34.3 Å². The van der Waals surface area contributed by atoms with E-state index < -0.39 is 0 Å². The highest BCUT2D eigenvalue weighted by molar-refractivity contribution is 9.10. The molecule has 1 fully saturated rings. The van der Waals surface area contributed by atoms with Crippen molar-refractivity contribution in [2.24, 2.45) is 5.92 Å². The van der Waals surface area contributed by atoms with E-state index >= 15 is 0 Å². The van der Waals surface area contributed by atoms with E-state index in [-0.39, 0.29) is 17.7 Å². The van der Waals surface area contributed by atoms with Gasteiger partial charge in [-0.25, -0.2) is 0 Å². The number of benzene rings is 3. The predicted octanol–water partition coefficient (Wildman–Crippen LogP) is 5.27. The molecule has 0 unspecified atom stereocenters. The van der Waals surface area contributed by atoms with Gasteiger partial charge in [-0.2, -0.15) is 0 Å². The quantitative estimate of drug-likeness (QED) is 0.426. The van der Waals surface area contributed by atoms with Crippen LogP contribution in [0.4, 0.5) is 5.69 Å². The van der Waals surface area contributed by atoms with Gasteiger partial charge in [-0.1, -0.05) is 70.5 Å². The maximum atomic E-state index is 13.0. The Hall–Kier alpha value is -2.96. The minimum absolute atomic E-state index is 0.00664. The lowest BCUT2D eigenvalue weighted by Crippen LogP contribution is -2.38. The van der Waals surface area contributed by atoms with Crippen molar-refractivity contribution in [2.75, 3.05) is 25.0 Å². The van der Waals surface area contributed by atoms with Crippen LogP contribution in [0.2, 0.25) is 0 Å². The van der Waals surface area contributed by atoms with Crippen molar-refractivity contribution in [3.63, 3.8) is 0 Å². The monoisotopic (exact) mass is 519 g/mol. The number of para-hydroxylation sites is 1. The molecule has 5 nitrogen and oxygen atoms in total. The standard InChI is InChI=1S/C28H30BrN3O2/c29-24-12-10-22(11-13-24)20-32-18-15-23(16-19-32)27(33)31-26-9-5-4-8-25(26)28(34)30-17-14-21-6-2-1-3-7-21/h1-13,23H,14-20H2,(H,30,34)(H,31,33). The van der Waals surface area contributed by atoms with Crippen LogP contribution in [0.25, 0.3) is 0 Å². The third kappa shape index (κ3) is 6.78. The van der Waals surface area contributed by atoms with Gasteiger partial charge in [-0.3, -0.25) is 14.5 Å². The molecule has 1 aliphatic rings. The van der Waals surface area contributed by atoms with E-state index in [9.17, 15) is 9.59 Å². The largest absolute Gasteiger partial charge is 0.352 e. The minimum atomic E-state index is -0.170. The van der Waals surface area contributed by atoms with E-state index in [0.717, 1.165) is 43.4 Å². The van der Waals surface area contributed by atoms with Gasteiger partial charge in [0, 0.05) is 23.5 Å². The van der Waals surface area contributed by atoms with Crippen LogP contribution < -0.4 is 10.6 Å². The lowest BCUT2D eigenvalue weighted by Gasteiger charge is -2.31. The molecule has 0 radical (unpaired) electrons. The van der Waals surface area contributed by atoms with Crippen LogP contribution in [0.5, 0.6) is 0 Å². The van der Waals surface area contributed by atoms with Gasteiger partial charge in [0.05, 0.1) is 11.3 Å². The molecule has 2 amide bonds. The molecule has 176 valence electrons. The number of nitrogens with one attached hydrogen (secondary N) is 2. The number of piperidine rings is 1. The van der Waals surface area contributed by atoms with E-state index in [4.69, 9.17) is 0 Å². The van der Waals surface area contributed by atoms with Crippen LogP contribution in [-0.4, -0.2) is 36.3 Å². The molecule has 2 N–H and O–H groups in total. The number of likely N-dealkylation sites (tertiary alicyclic amines) is 1. The first-order valence-corrected chi connectivity index (χ1v) is 12.6. The van der Waals surface area contributed by atoms with Crippen molar-refractivity contribution < 1.29 is 9.59 Å². The Balaban J connectivity index is 1.27. The van der Waals surface area contributed by atoms with E-state index in [2.05, 4.69) is 55.7 Å². The summed E-state index contributed by atoms with van der Waals surface area (Å²) in [4.78, 5) is 28.1. The molecule has 0 atom stereocenters. The fraction of sp³-hybridized carbons (Fsp3) is 0.286. The van der Waals surface area contributed by atoms with Gasteiger partial charge in [0.15, 0.2) is 0 Å². The molecule has 0 saturated carbocycles. The van der Waals surface area contributed by atoms with Gasteiger partial charge in [0.1, 0.15) is 0 Å². The van der Waals surface area contributed by atoms with E-state index in [1.807, 2.05) is 42.5 Å². The Morgan fingerprint density at radius 2 is 1.53 bits per heavy atom. The first-order chi connectivity index (χ1) is 16.6. The Morgan fingerprint density at radius 3 is 2.26 bits per heavy atom. The second-order valence-corrected chi connectivity index (χ2v) is 9.62. The highest BCUT2D eigenvalue weighted by Gasteiger charge is 2.26. The molecule has 1 aliphatic heterocycles. The average molecular weight is 520 g/mol. The molecule has 0 spiro atoms. The van der Waals surface area contributed by atoms with Crippen molar-refractivity contribution in [3.8, 4) is 0 Å². The number of halogens is 1. The summed E-state index contributed by atoms with van der Waals surface area (Å²) in [5.41, 5.74) is 3.52. The molecule has 0 bridgehead atoms. The average Bonchev–Trinajstić information content (AvgIpc) is 2.87. The summed E-state index contributed by atoms with van der Waals surface area (Å²) < 4.78 is 1.08. The summed E-state index contributed by atoms with van der Waals surface area (Å²) in [6.45, 7) is 3.21. The minimum Gasteiger partial charge on any atom is -0.352 e. The first-order valence-electron chi connectivity index (χ1n) is 11.8. The number of carbonyl (C=O) groups excluding carboxylic acids is 2. The highest BCUT2D eigenvalue weighted by atomic mass is 79.9. The molecule has 4 rings (SSSR count). The van der Waals surface area contributed by atoms with Gasteiger partial charge < -0.3 is 10.6 Å². The van der Waals surface area contributed by atoms with E-state index in [1.165, 1.54) is 11.1 Å². The Kier molecular flexibility index (Phi) is 8.50. The molecular weight excluding hydrogens is 490 g/mol. The zero-order chi connectivity index (χ0) is 23.8. The van der Waals surface area contributed by atoms with Crippen molar-refractivity contribution in [1.29, 1.82) is 0 Å².